The zero-order valence-electron chi connectivity index (χ0n) is 27.3. The van der Waals surface area contributed by atoms with Crippen molar-refractivity contribution >= 4 is 75.9 Å². The molecular weight excluding hydrogens is 753 g/mol. The zero-order valence-corrected chi connectivity index (χ0v) is 30.3. The lowest BCUT2D eigenvalue weighted by atomic mass is 9.94. The van der Waals surface area contributed by atoms with Crippen molar-refractivity contribution in [1.82, 2.24) is 14.5 Å². The molecule has 240 valence electrons. The number of nitrogens with zero attached hydrogens (tertiary/aromatic N) is 3. The average Bonchev–Trinajstić information content (AvgIpc) is 3.74. The highest BCUT2D eigenvalue weighted by atomic mass is 127. The number of halogens is 1. The monoisotopic (exact) mass is 781 g/mol. The minimum absolute atomic E-state index is 0.718. The van der Waals surface area contributed by atoms with Crippen LogP contribution in [0.3, 0.4) is 0 Å². The van der Waals surface area contributed by atoms with E-state index in [0.717, 1.165) is 33.9 Å². The number of hydrogen-bond acceptors (Lipinski definition) is 3. The van der Waals surface area contributed by atoms with E-state index < -0.39 is 0 Å². The summed E-state index contributed by atoms with van der Waals surface area (Å²) in [5.74, 6) is 0.718. The van der Waals surface area contributed by atoms with Gasteiger partial charge in [0.2, 0.25) is 0 Å². The van der Waals surface area contributed by atoms with E-state index in [1.807, 2.05) is 35.6 Å². The molecule has 51 heavy (non-hydrogen) atoms. The highest BCUT2D eigenvalue weighted by molar-refractivity contribution is 14.1. The van der Waals surface area contributed by atoms with Crippen LogP contribution in [0.4, 0.5) is 0 Å². The number of hydrogen-bond donors (Lipinski definition) is 0. The molecule has 10 rings (SSSR count). The zero-order chi connectivity index (χ0) is 33.9. The molecule has 0 unspecified atom stereocenters. The lowest BCUT2D eigenvalue weighted by molar-refractivity contribution is 1.18. The van der Waals surface area contributed by atoms with E-state index in [1.165, 1.54) is 62.4 Å². The summed E-state index contributed by atoms with van der Waals surface area (Å²) in [6.07, 6.45) is 0. The first-order valence-corrected chi connectivity index (χ1v) is 18.8. The number of fused-ring (bicyclic) bond motifs is 7. The van der Waals surface area contributed by atoms with Gasteiger partial charge in [-0.05, 0) is 69.3 Å². The Kier molecular flexibility index (Phi) is 7.29. The Bertz CT molecular complexity index is 2840. The molecule has 3 aromatic heterocycles. The van der Waals surface area contributed by atoms with E-state index in [0.29, 0.717) is 0 Å². The molecule has 0 saturated carbocycles. The summed E-state index contributed by atoms with van der Waals surface area (Å²) in [6, 6.07) is 60.1. The average molecular weight is 782 g/mol. The van der Waals surface area contributed by atoms with E-state index in [1.54, 1.807) is 0 Å². The maximum Gasteiger partial charge on any atom is 0.160 e. The summed E-state index contributed by atoms with van der Waals surface area (Å²) in [4.78, 5) is 11.5. The summed E-state index contributed by atoms with van der Waals surface area (Å²) in [6.45, 7) is 0. The molecule has 0 bridgehead atoms. The van der Waals surface area contributed by atoms with Crippen molar-refractivity contribution in [2.75, 3.05) is 0 Å². The van der Waals surface area contributed by atoms with Crippen LogP contribution < -0.4 is 0 Å². The van der Waals surface area contributed by atoms with Crippen LogP contribution in [0, 0.1) is 3.57 Å². The first kappa shape index (κ1) is 30.2. The minimum atomic E-state index is 0.718. The molecule has 3 heterocycles. The van der Waals surface area contributed by atoms with Crippen LogP contribution in [0.2, 0.25) is 0 Å². The van der Waals surface area contributed by atoms with Crippen molar-refractivity contribution in [3.05, 3.63) is 173 Å². The largest absolute Gasteiger partial charge is 0.301 e. The molecule has 0 spiro atoms. The fourth-order valence-electron chi connectivity index (χ4n) is 7.35. The Morgan fingerprint density at radius 1 is 0.471 bits per heavy atom. The van der Waals surface area contributed by atoms with E-state index >= 15 is 0 Å². The van der Waals surface area contributed by atoms with E-state index in [4.69, 9.17) is 9.97 Å². The van der Waals surface area contributed by atoms with Crippen LogP contribution in [0.25, 0.3) is 92.7 Å². The molecule has 0 radical (unpaired) electrons. The van der Waals surface area contributed by atoms with Crippen molar-refractivity contribution in [2.45, 2.75) is 0 Å². The summed E-state index contributed by atoms with van der Waals surface area (Å²) in [5.41, 5.74) is 9.82. The third kappa shape index (κ3) is 4.99. The molecule has 0 aliphatic carbocycles. The fraction of sp³-hybridized carbons (Fsp3) is 0. The Morgan fingerprint density at radius 2 is 1.06 bits per heavy atom. The van der Waals surface area contributed by atoms with Gasteiger partial charge in [-0.15, -0.1) is 11.3 Å². The fourth-order valence-corrected chi connectivity index (χ4v) is 10.00. The molecular formula is C46H28IN3S. The Morgan fingerprint density at radius 3 is 1.76 bits per heavy atom. The standard InChI is InChI=1S/C46H28IN3S/c47-43-36-27-32(38-28-37(29-15-5-1-6-16-29)48-45(49-38)31-19-9-3-10-20-31)25-26-34(36)41-42-35-23-13-14-24-39(35)50(33-21-11-4-12-22-33)46(42)51-44(41)40(43)30-17-7-2-8-18-30/h1-28H. The van der Waals surface area contributed by atoms with E-state index in [-0.39, 0.29) is 0 Å². The molecule has 7 aromatic carbocycles. The summed E-state index contributed by atoms with van der Waals surface area (Å²) in [5, 5.41) is 6.35. The highest BCUT2D eigenvalue weighted by Gasteiger charge is 2.24. The van der Waals surface area contributed by atoms with Crippen LogP contribution in [0.1, 0.15) is 0 Å². The van der Waals surface area contributed by atoms with E-state index in [9.17, 15) is 0 Å². The van der Waals surface area contributed by atoms with Gasteiger partial charge in [0.15, 0.2) is 5.82 Å². The van der Waals surface area contributed by atoms with Crippen LogP contribution in [0.15, 0.2) is 170 Å². The molecule has 0 amide bonds. The topological polar surface area (TPSA) is 30.7 Å². The molecule has 0 atom stereocenters. The Balaban J connectivity index is 1.30. The van der Waals surface area contributed by atoms with Gasteiger partial charge in [0.25, 0.3) is 0 Å². The molecule has 5 heteroatoms. The number of benzene rings is 7. The SMILES string of the molecule is Ic1c(-c2ccccc2)c2sc3c(c4ccccc4n3-c3ccccc3)c2c2ccc(-c3cc(-c4ccccc4)nc(-c4ccccc4)n3)cc12. The Labute approximate surface area is 312 Å². The van der Waals surface area contributed by atoms with Gasteiger partial charge in [-0.1, -0.05) is 140 Å². The van der Waals surface area contributed by atoms with Crippen molar-refractivity contribution in [1.29, 1.82) is 0 Å². The van der Waals surface area contributed by atoms with E-state index in [2.05, 4.69) is 173 Å². The summed E-state index contributed by atoms with van der Waals surface area (Å²) >= 11 is 4.48. The number of para-hydroxylation sites is 2. The van der Waals surface area contributed by atoms with Gasteiger partial charge in [0.1, 0.15) is 4.83 Å². The van der Waals surface area contributed by atoms with Crippen LogP contribution in [-0.4, -0.2) is 14.5 Å². The molecule has 0 aliphatic rings. The van der Waals surface area contributed by atoms with Crippen LogP contribution in [-0.2, 0) is 0 Å². The first-order valence-electron chi connectivity index (χ1n) is 16.9. The number of aromatic nitrogens is 3. The second-order valence-electron chi connectivity index (χ2n) is 12.7. The van der Waals surface area contributed by atoms with Gasteiger partial charge in [0.05, 0.1) is 16.9 Å². The second-order valence-corrected chi connectivity index (χ2v) is 14.8. The summed E-state index contributed by atoms with van der Waals surface area (Å²) < 4.78 is 4.99. The first-order chi connectivity index (χ1) is 25.2. The van der Waals surface area contributed by atoms with Gasteiger partial charge >= 0.3 is 0 Å². The lowest BCUT2D eigenvalue weighted by Crippen LogP contribution is -1.96. The van der Waals surface area contributed by atoms with Gasteiger partial charge in [-0.3, -0.25) is 0 Å². The van der Waals surface area contributed by atoms with Crippen molar-refractivity contribution in [3.8, 4) is 50.7 Å². The van der Waals surface area contributed by atoms with Crippen molar-refractivity contribution in [2.24, 2.45) is 0 Å². The third-order valence-corrected chi connectivity index (χ3v) is 12.0. The predicted molar refractivity (Wildman–Crippen MR) is 224 cm³/mol. The molecule has 0 fully saturated rings. The molecule has 0 saturated heterocycles. The molecule has 0 aliphatic heterocycles. The van der Waals surface area contributed by atoms with Crippen molar-refractivity contribution < 1.29 is 0 Å². The lowest BCUT2D eigenvalue weighted by Gasteiger charge is -2.14. The molecule has 0 N–H and O–H groups in total. The van der Waals surface area contributed by atoms with Crippen LogP contribution >= 0.6 is 33.9 Å². The molecule has 3 nitrogen and oxygen atoms in total. The van der Waals surface area contributed by atoms with Gasteiger partial charge in [-0.2, -0.15) is 0 Å². The third-order valence-electron chi connectivity index (χ3n) is 9.68. The maximum absolute atomic E-state index is 5.18. The highest BCUT2D eigenvalue weighted by Crippen LogP contribution is 2.50. The summed E-state index contributed by atoms with van der Waals surface area (Å²) in [7, 11) is 0. The normalized spacial score (nSPS) is 11.6. The quantitative estimate of drug-likeness (QED) is 0.163. The van der Waals surface area contributed by atoms with Gasteiger partial charge < -0.3 is 4.57 Å². The maximum atomic E-state index is 5.18. The predicted octanol–water partition coefficient (Wildman–Crippen LogP) is 13.2. The smallest absolute Gasteiger partial charge is 0.160 e. The number of thiophene rings is 1. The second kappa shape index (κ2) is 12.3. The number of rotatable bonds is 5. The Hall–Kier alpha value is -5.63. The van der Waals surface area contributed by atoms with Gasteiger partial charge in [0, 0.05) is 52.4 Å². The molecule has 10 aromatic rings. The minimum Gasteiger partial charge on any atom is -0.301 e. The van der Waals surface area contributed by atoms with Crippen LogP contribution in [0.5, 0.6) is 0 Å². The van der Waals surface area contributed by atoms with Gasteiger partial charge in [-0.25, -0.2) is 9.97 Å². The van der Waals surface area contributed by atoms with Crippen molar-refractivity contribution in [3.63, 3.8) is 0 Å².